The SMILES string of the molecule is CC(=O)CCC(=O)OCCCCOC(=O)CCC1(C)OCC(CO)O1. The number of unbranched alkanes of at least 4 members (excludes halogenated alkanes) is 1. The van der Waals surface area contributed by atoms with E-state index in [0.29, 0.717) is 25.9 Å². The van der Waals surface area contributed by atoms with E-state index in [0.717, 1.165) is 0 Å². The van der Waals surface area contributed by atoms with Crippen molar-refractivity contribution in [2.45, 2.75) is 64.3 Å². The number of esters is 2. The highest BCUT2D eigenvalue weighted by atomic mass is 16.7. The summed E-state index contributed by atoms with van der Waals surface area (Å²) in [6.45, 7) is 3.86. The van der Waals surface area contributed by atoms with Crippen molar-refractivity contribution in [2.75, 3.05) is 26.4 Å². The third kappa shape index (κ3) is 9.52. The molecular weight excluding hydrogens is 332 g/mol. The molecule has 0 radical (unpaired) electrons. The predicted octanol–water partition coefficient (Wildman–Crippen LogP) is 1.13. The molecule has 1 aliphatic rings. The summed E-state index contributed by atoms with van der Waals surface area (Å²) in [6, 6.07) is 0. The Morgan fingerprint density at radius 3 is 2.20 bits per heavy atom. The van der Waals surface area contributed by atoms with E-state index in [1.807, 2.05) is 0 Å². The van der Waals surface area contributed by atoms with Crippen molar-refractivity contribution in [3.8, 4) is 0 Å². The summed E-state index contributed by atoms with van der Waals surface area (Å²) in [4.78, 5) is 33.7. The van der Waals surface area contributed by atoms with Gasteiger partial charge < -0.3 is 28.8 Å². The van der Waals surface area contributed by atoms with Crippen LogP contribution in [0.25, 0.3) is 0 Å². The average Bonchev–Trinajstić information content (AvgIpc) is 2.96. The minimum absolute atomic E-state index is 0.0435. The number of aliphatic hydroxyl groups is 1. The molecule has 1 N–H and O–H groups in total. The van der Waals surface area contributed by atoms with Gasteiger partial charge in [-0.3, -0.25) is 9.59 Å². The summed E-state index contributed by atoms with van der Waals surface area (Å²) in [6.07, 6.45) is 1.64. The third-order valence-corrected chi connectivity index (χ3v) is 3.72. The molecule has 1 saturated heterocycles. The molecule has 0 saturated carbocycles. The van der Waals surface area contributed by atoms with Crippen LogP contribution < -0.4 is 0 Å². The van der Waals surface area contributed by atoms with Crippen molar-refractivity contribution in [2.24, 2.45) is 0 Å². The van der Waals surface area contributed by atoms with E-state index in [1.165, 1.54) is 6.92 Å². The molecule has 1 rings (SSSR count). The molecule has 8 nitrogen and oxygen atoms in total. The van der Waals surface area contributed by atoms with Crippen molar-refractivity contribution in [3.05, 3.63) is 0 Å². The standard InChI is InChI=1S/C17H28O8/c1-13(19)5-6-15(20)22-9-3-4-10-23-16(21)7-8-17(2)24-12-14(11-18)25-17/h14,18H,3-12H2,1-2H3. The monoisotopic (exact) mass is 360 g/mol. The molecule has 0 amide bonds. The van der Waals surface area contributed by atoms with E-state index in [-0.39, 0.29) is 56.9 Å². The van der Waals surface area contributed by atoms with Crippen LogP contribution in [0.15, 0.2) is 0 Å². The second kappa shape index (κ2) is 11.2. The number of rotatable bonds is 12. The van der Waals surface area contributed by atoms with Crippen LogP contribution in [0.2, 0.25) is 0 Å². The number of ketones is 1. The van der Waals surface area contributed by atoms with Crippen LogP contribution in [0.1, 0.15) is 52.4 Å². The number of carbonyl (C=O) groups is 3. The van der Waals surface area contributed by atoms with Gasteiger partial charge in [0.15, 0.2) is 5.79 Å². The molecular formula is C17H28O8. The normalized spacial score (nSPS) is 22.6. The fourth-order valence-electron chi connectivity index (χ4n) is 2.24. The molecule has 0 aliphatic carbocycles. The Morgan fingerprint density at radius 2 is 1.68 bits per heavy atom. The second-order valence-corrected chi connectivity index (χ2v) is 6.22. The third-order valence-electron chi connectivity index (χ3n) is 3.72. The number of hydrogen-bond donors (Lipinski definition) is 1. The molecule has 144 valence electrons. The van der Waals surface area contributed by atoms with Gasteiger partial charge in [0, 0.05) is 12.8 Å². The van der Waals surface area contributed by atoms with Crippen molar-refractivity contribution in [1.29, 1.82) is 0 Å². The maximum absolute atomic E-state index is 11.7. The number of Topliss-reactive ketones (excluding diaryl/α,β-unsaturated/α-hetero) is 1. The zero-order valence-electron chi connectivity index (χ0n) is 15.0. The Hall–Kier alpha value is -1.51. The summed E-state index contributed by atoms with van der Waals surface area (Å²) < 4.78 is 21.0. The van der Waals surface area contributed by atoms with Crippen molar-refractivity contribution >= 4 is 17.7 Å². The summed E-state index contributed by atoms with van der Waals surface area (Å²) in [7, 11) is 0. The Morgan fingerprint density at radius 1 is 1.08 bits per heavy atom. The summed E-state index contributed by atoms with van der Waals surface area (Å²) >= 11 is 0. The number of hydrogen-bond acceptors (Lipinski definition) is 8. The van der Waals surface area contributed by atoms with E-state index in [4.69, 9.17) is 24.1 Å². The quantitative estimate of drug-likeness (QED) is 0.407. The highest BCUT2D eigenvalue weighted by molar-refractivity contribution is 5.80. The predicted molar refractivity (Wildman–Crippen MR) is 86.6 cm³/mol. The highest BCUT2D eigenvalue weighted by Crippen LogP contribution is 2.27. The second-order valence-electron chi connectivity index (χ2n) is 6.22. The first-order valence-corrected chi connectivity index (χ1v) is 8.58. The number of ether oxygens (including phenoxy) is 4. The van der Waals surface area contributed by atoms with Crippen LogP contribution >= 0.6 is 0 Å². The molecule has 8 heteroatoms. The van der Waals surface area contributed by atoms with Crippen molar-refractivity contribution in [3.63, 3.8) is 0 Å². The Labute approximate surface area is 147 Å². The Balaban J connectivity index is 2.00. The van der Waals surface area contributed by atoms with Gasteiger partial charge >= 0.3 is 11.9 Å². The number of carbonyl (C=O) groups excluding carboxylic acids is 3. The van der Waals surface area contributed by atoms with Crippen molar-refractivity contribution in [1.82, 2.24) is 0 Å². The highest BCUT2D eigenvalue weighted by Gasteiger charge is 2.37. The minimum Gasteiger partial charge on any atom is -0.466 e. The summed E-state index contributed by atoms with van der Waals surface area (Å²) in [5, 5.41) is 9.01. The molecule has 25 heavy (non-hydrogen) atoms. The lowest BCUT2D eigenvalue weighted by Crippen LogP contribution is -2.28. The zero-order chi connectivity index (χ0) is 18.7. The molecule has 1 fully saturated rings. The van der Waals surface area contributed by atoms with Crippen molar-refractivity contribution < 1.29 is 38.4 Å². The van der Waals surface area contributed by atoms with Gasteiger partial charge in [0.2, 0.25) is 0 Å². The van der Waals surface area contributed by atoms with Gasteiger partial charge in [-0.2, -0.15) is 0 Å². The maximum Gasteiger partial charge on any atom is 0.306 e. The van der Waals surface area contributed by atoms with Gasteiger partial charge in [-0.15, -0.1) is 0 Å². The summed E-state index contributed by atoms with van der Waals surface area (Å²) in [5.41, 5.74) is 0. The van der Waals surface area contributed by atoms with E-state index in [9.17, 15) is 14.4 Å². The Bertz CT molecular complexity index is 450. The van der Waals surface area contributed by atoms with Crippen LogP contribution in [0.4, 0.5) is 0 Å². The van der Waals surface area contributed by atoms with E-state index < -0.39 is 11.8 Å². The van der Waals surface area contributed by atoms with E-state index in [1.54, 1.807) is 6.92 Å². The molecule has 2 atom stereocenters. The topological polar surface area (TPSA) is 108 Å². The lowest BCUT2D eigenvalue weighted by molar-refractivity contribution is -0.170. The minimum atomic E-state index is -0.861. The summed E-state index contributed by atoms with van der Waals surface area (Å²) in [5.74, 6) is -1.64. The van der Waals surface area contributed by atoms with Crippen LogP contribution in [0, 0.1) is 0 Å². The van der Waals surface area contributed by atoms with Gasteiger partial charge in [-0.1, -0.05) is 0 Å². The lowest BCUT2D eigenvalue weighted by Gasteiger charge is -2.22. The first-order valence-electron chi connectivity index (χ1n) is 8.58. The Kier molecular flexibility index (Phi) is 9.62. The van der Waals surface area contributed by atoms with Gasteiger partial charge in [0.05, 0.1) is 39.3 Å². The fourth-order valence-corrected chi connectivity index (χ4v) is 2.24. The molecule has 0 aromatic heterocycles. The smallest absolute Gasteiger partial charge is 0.306 e. The first kappa shape index (κ1) is 21.5. The molecule has 2 unspecified atom stereocenters. The molecule has 0 aromatic carbocycles. The van der Waals surface area contributed by atoms with Gasteiger partial charge in [-0.05, 0) is 26.7 Å². The molecule has 0 aromatic rings. The zero-order valence-corrected chi connectivity index (χ0v) is 15.0. The van der Waals surface area contributed by atoms with Gasteiger partial charge in [0.25, 0.3) is 0 Å². The van der Waals surface area contributed by atoms with Crippen LogP contribution in [-0.4, -0.2) is 61.1 Å². The number of aliphatic hydroxyl groups excluding tert-OH is 1. The van der Waals surface area contributed by atoms with Crippen LogP contribution in [0.5, 0.6) is 0 Å². The van der Waals surface area contributed by atoms with Gasteiger partial charge in [-0.25, -0.2) is 0 Å². The first-order chi connectivity index (χ1) is 11.8. The molecule has 0 bridgehead atoms. The molecule has 1 heterocycles. The molecule has 1 aliphatic heterocycles. The molecule has 0 spiro atoms. The fraction of sp³-hybridized carbons (Fsp3) is 0.824. The maximum atomic E-state index is 11.7. The van der Waals surface area contributed by atoms with Crippen LogP contribution in [-0.2, 0) is 33.3 Å². The average molecular weight is 360 g/mol. The van der Waals surface area contributed by atoms with Gasteiger partial charge in [0.1, 0.15) is 11.9 Å². The van der Waals surface area contributed by atoms with E-state index >= 15 is 0 Å². The largest absolute Gasteiger partial charge is 0.466 e. The van der Waals surface area contributed by atoms with Crippen LogP contribution in [0.3, 0.4) is 0 Å². The van der Waals surface area contributed by atoms with E-state index in [2.05, 4.69) is 0 Å². The lowest BCUT2D eigenvalue weighted by atomic mass is 10.1.